The molecule has 0 radical (unpaired) electrons. The molecule has 0 aliphatic heterocycles. The highest BCUT2D eigenvalue weighted by atomic mass is 35.5. The minimum Gasteiger partial charge on any atom is -0.398 e. The summed E-state index contributed by atoms with van der Waals surface area (Å²) in [6.45, 7) is 0. The molecule has 2 N–H and O–H groups in total. The summed E-state index contributed by atoms with van der Waals surface area (Å²) in [5.41, 5.74) is 7.88. The molecule has 1 aliphatic rings. The Morgan fingerprint density at radius 1 is 1.43 bits per heavy atom. The zero-order valence-corrected chi connectivity index (χ0v) is 9.03. The first-order valence-corrected chi connectivity index (χ1v) is 5.79. The van der Waals surface area contributed by atoms with Crippen LogP contribution in [0.1, 0.15) is 24.5 Å². The van der Waals surface area contributed by atoms with Gasteiger partial charge in [-0.2, -0.15) is 0 Å². The molecular weight excluding hydrogens is 216 g/mol. The highest BCUT2D eigenvalue weighted by Gasteiger charge is 2.26. The summed E-state index contributed by atoms with van der Waals surface area (Å²) in [5.74, 6) is 0.641. The molecule has 0 saturated heterocycles. The lowest BCUT2D eigenvalue weighted by atomic mass is 10.2. The average molecular weight is 225 g/mol. The zero-order valence-electron chi connectivity index (χ0n) is 7.46. The van der Waals surface area contributed by atoms with Gasteiger partial charge in [0.2, 0.25) is 0 Å². The normalized spacial score (nSPS) is 16.4. The number of thiophene rings is 1. The first kappa shape index (κ1) is 8.50. The summed E-state index contributed by atoms with van der Waals surface area (Å²) in [6, 6.07) is 3.88. The summed E-state index contributed by atoms with van der Waals surface area (Å²) in [4.78, 5) is 5.54. The van der Waals surface area contributed by atoms with Gasteiger partial charge in [-0.25, -0.2) is 4.98 Å². The van der Waals surface area contributed by atoms with Gasteiger partial charge in [-0.05, 0) is 25.0 Å². The number of halogens is 1. The van der Waals surface area contributed by atoms with Crippen LogP contribution in [-0.2, 0) is 0 Å². The van der Waals surface area contributed by atoms with Crippen LogP contribution in [-0.4, -0.2) is 4.98 Å². The van der Waals surface area contributed by atoms with Crippen LogP contribution in [0.4, 0.5) is 5.69 Å². The number of anilines is 1. The predicted molar refractivity (Wildman–Crippen MR) is 61.0 cm³/mol. The maximum Gasteiger partial charge on any atom is 0.127 e. The number of nitrogens with zero attached hydrogens (tertiary/aromatic N) is 1. The standard InChI is InChI=1S/C10H9ClN2S/c11-9-3-6-7(12)4-8(5-1-2-5)13-10(6)14-9/h3-5H,1-2H2,(H2,12,13). The number of pyridine rings is 1. The van der Waals surface area contributed by atoms with Gasteiger partial charge in [0, 0.05) is 22.7 Å². The van der Waals surface area contributed by atoms with E-state index in [0.29, 0.717) is 5.92 Å². The van der Waals surface area contributed by atoms with Gasteiger partial charge in [0.25, 0.3) is 0 Å². The third-order valence-corrected chi connectivity index (χ3v) is 3.68. The van der Waals surface area contributed by atoms with Crippen molar-refractivity contribution in [1.29, 1.82) is 0 Å². The van der Waals surface area contributed by atoms with E-state index in [0.717, 1.165) is 25.9 Å². The van der Waals surface area contributed by atoms with E-state index in [1.807, 2.05) is 12.1 Å². The van der Waals surface area contributed by atoms with Crippen LogP contribution in [0.2, 0.25) is 4.34 Å². The summed E-state index contributed by atoms with van der Waals surface area (Å²) in [5, 5.41) is 0.990. The molecular formula is C10H9ClN2S. The second-order valence-corrected chi connectivity index (χ2v) is 5.34. The molecule has 2 heterocycles. The van der Waals surface area contributed by atoms with Crippen LogP contribution in [0.15, 0.2) is 12.1 Å². The number of rotatable bonds is 1. The van der Waals surface area contributed by atoms with Gasteiger partial charge in [-0.1, -0.05) is 11.6 Å². The average Bonchev–Trinajstić information content (AvgIpc) is 2.89. The lowest BCUT2D eigenvalue weighted by Gasteiger charge is -2.00. The van der Waals surface area contributed by atoms with Gasteiger partial charge in [0.1, 0.15) is 4.83 Å². The van der Waals surface area contributed by atoms with E-state index < -0.39 is 0 Å². The van der Waals surface area contributed by atoms with Gasteiger partial charge in [-0.15, -0.1) is 11.3 Å². The summed E-state index contributed by atoms with van der Waals surface area (Å²) in [7, 11) is 0. The molecule has 4 heteroatoms. The molecule has 2 aromatic rings. The smallest absolute Gasteiger partial charge is 0.127 e. The molecule has 1 aliphatic carbocycles. The van der Waals surface area contributed by atoms with Gasteiger partial charge < -0.3 is 5.73 Å². The van der Waals surface area contributed by atoms with Gasteiger partial charge in [0.15, 0.2) is 0 Å². The Morgan fingerprint density at radius 3 is 2.93 bits per heavy atom. The summed E-state index contributed by atoms with van der Waals surface area (Å²) in [6.07, 6.45) is 2.49. The predicted octanol–water partition coefficient (Wildman–Crippen LogP) is 3.41. The number of hydrogen-bond acceptors (Lipinski definition) is 3. The molecule has 14 heavy (non-hydrogen) atoms. The highest BCUT2D eigenvalue weighted by Crippen LogP contribution is 2.42. The molecule has 1 saturated carbocycles. The maximum atomic E-state index is 5.94. The van der Waals surface area contributed by atoms with Crippen LogP contribution in [0.3, 0.4) is 0 Å². The Hall–Kier alpha value is -0.800. The van der Waals surface area contributed by atoms with Crippen molar-refractivity contribution in [2.75, 3.05) is 5.73 Å². The van der Waals surface area contributed by atoms with E-state index in [1.165, 1.54) is 24.2 Å². The third kappa shape index (κ3) is 1.28. The van der Waals surface area contributed by atoms with Crippen molar-refractivity contribution in [3.8, 4) is 0 Å². The summed E-state index contributed by atoms with van der Waals surface area (Å²) >= 11 is 7.43. The van der Waals surface area contributed by atoms with Crippen LogP contribution >= 0.6 is 22.9 Å². The van der Waals surface area contributed by atoms with Crippen molar-refractivity contribution in [2.45, 2.75) is 18.8 Å². The quantitative estimate of drug-likeness (QED) is 0.806. The minimum atomic E-state index is 0.641. The van der Waals surface area contributed by atoms with Crippen molar-refractivity contribution in [3.05, 3.63) is 22.2 Å². The van der Waals surface area contributed by atoms with E-state index >= 15 is 0 Å². The Kier molecular flexibility index (Phi) is 1.73. The Morgan fingerprint density at radius 2 is 2.21 bits per heavy atom. The Bertz CT molecular complexity index is 502. The van der Waals surface area contributed by atoms with E-state index in [-0.39, 0.29) is 0 Å². The molecule has 1 fully saturated rings. The topological polar surface area (TPSA) is 38.9 Å². The third-order valence-electron chi connectivity index (χ3n) is 2.52. The number of nitrogen functional groups attached to an aromatic ring is 1. The van der Waals surface area contributed by atoms with Gasteiger partial charge >= 0.3 is 0 Å². The van der Waals surface area contributed by atoms with Crippen molar-refractivity contribution in [2.24, 2.45) is 0 Å². The second-order valence-electron chi connectivity index (χ2n) is 3.68. The SMILES string of the molecule is Nc1cc(C2CC2)nc2sc(Cl)cc12. The second kappa shape index (κ2) is 2.84. The molecule has 2 aromatic heterocycles. The first-order chi connectivity index (χ1) is 6.74. The van der Waals surface area contributed by atoms with Gasteiger partial charge in [0.05, 0.1) is 4.34 Å². The van der Waals surface area contributed by atoms with Gasteiger partial charge in [-0.3, -0.25) is 0 Å². The van der Waals surface area contributed by atoms with Crippen LogP contribution in [0, 0.1) is 0 Å². The molecule has 0 aromatic carbocycles. The number of nitrogens with two attached hydrogens (primary N) is 1. The van der Waals surface area contributed by atoms with E-state index in [2.05, 4.69) is 4.98 Å². The molecule has 0 bridgehead atoms. The largest absolute Gasteiger partial charge is 0.398 e. The van der Waals surface area contributed by atoms with Crippen molar-refractivity contribution in [3.63, 3.8) is 0 Å². The molecule has 0 spiro atoms. The number of fused-ring (bicyclic) bond motifs is 1. The van der Waals surface area contributed by atoms with Crippen molar-refractivity contribution in [1.82, 2.24) is 4.98 Å². The fourth-order valence-corrected chi connectivity index (χ4v) is 2.74. The Labute approximate surface area is 90.7 Å². The minimum absolute atomic E-state index is 0.641. The molecule has 72 valence electrons. The van der Waals surface area contributed by atoms with E-state index in [9.17, 15) is 0 Å². The maximum absolute atomic E-state index is 5.94. The summed E-state index contributed by atoms with van der Waals surface area (Å²) < 4.78 is 0.757. The molecule has 2 nitrogen and oxygen atoms in total. The molecule has 0 unspecified atom stereocenters. The first-order valence-electron chi connectivity index (χ1n) is 4.59. The zero-order chi connectivity index (χ0) is 9.71. The fourth-order valence-electron chi connectivity index (χ4n) is 1.62. The van der Waals surface area contributed by atoms with E-state index in [1.54, 1.807) is 0 Å². The lowest BCUT2D eigenvalue weighted by Crippen LogP contribution is -1.91. The highest BCUT2D eigenvalue weighted by molar-refractivity contribution is 7.22. The molecule has 0 atom stereocenters. The monoisotopic (exact) mass is 224 g/mol. The van der Waals surface area contributed by atoms with Crippen molar-refractivity contribution >= 4 is 38.8 Å². The number of aromatic nitrogens is 1. The van der Waals surface area contributed by atoms with E-state index in [4.69, 9.17) is 17.3 Å². The number of hydrogen-bond donors (Lipinski definition) is 1. The lowest BCUT2D eigenvalue weighted by molar-refractivity contribution is 1.05. The van der Waals surface area contributed by atoms with Crippen LogP contribution in [0.5, 0.6) is 0 Å². The molecule has 3 rings (SSSR count). The van der Waals surface area contributed by atoms with Crippen LogP contribution < -0.4 is 5.73 Å². The van der Waals surface area contributed by atoms with Crippen LogP contribution in [0.25, 0.3) is 10.2 Å². The van der Waals surface area contributed by atoms with Crippen molar-refractivity contribution < 1.29 is 0 Å². The Balaban J connectivity index is 2.26. The fraction of sp³-hybridized carbons (Fsp3) is 0.300. The molecule has 0 amide bonds.